The number of nitrogens with one attached hydrogen (secondary N) is 1. The third kappa shape index (κ3) is 5.87. The number of benzene rings is 4. The number of nitrogens with two attached hydrogens (primary N) is 1. The van der Waals surface area contributed by atoms with Crippen LogP contribution in [0.25, 0.3) is 10.8 Å². The Balaban J connectivity index is 1.70. The Labute approximate surface area is 266 Å². The molecule has 45 heavy (non-hydrogen) atoms. The lowest BCUT2D eigenvalue weighted by molar-refractivity contribution is -0.137. The number of primary amides is 1. The second-order valence-electron chi connectivity index (χ2n) is 10.9. The predicted molar refractivity (Wildman–Crippen MR) is 169 cm³/mol. The van der Waals surface area contributed by atoms with Crippen LogP contribution in [0.1, 0.15) is 28.4 Å². The molecule has 3 N–H and O–H groups in total. The van der Waals surface area contributed by atoms with Gasteiger partial charge in [0.2, 0.25) is 11.8 Å². The molecule has 1 aliphatic heterocycles. The van der Waals surface area contributed by atoms with E-state index in [1.54, 1.807) is 30.3 Å². The summed E-state index contributed by atoms with van der Waals surface area (Å²) in [5.41, 5.74) is 4.71. The molecular weight excluding hydrogens is 653 g/mol. The molecule has 3 amide bonds. The molecule has 1 aliphatic rings. The van der Waals surface area contributed by atoms with E-state index in [0.29, 0.717) is 22.7 Å². The molecule has 0 bridgehead atoms. The van der Waals surface area contributed by atoms with Crippen molar-refractivity contribution < 1.29 is 32.3 Å². The van der Waals surface area contributed by atoms with Gasteiger partial charge in [-0.1, -0.05) is 40.2 Å². The minimum Gasteiger partial charge on any atom is -0.496 e. The van der Waals surface area contributed by atoms with Gasteiger partial charge in [-0.25, -0.2) is 0 Å². The van der Waals surface area contributed by atoms with Gasteiger partial charge in [0.1, 0.15) is 11.3 Å². The largest absolute Gasteiger partial charge is 0.496 e. The van der Waals surface area contributed by atoms with E-state index in [9.17, 15) is 27.6 Å². The van der Waals surface area contributed by atoms with Gasteiger partial charge in [0.15, 0.2) is 0 Å². The summed E-state index contributed by atoms with van der Waals surface area (Å²) in [6.07, 6.45) is -4.58. The van der Waals surface area contributed by atoms with E-state index in [1.165, 1.54) is 30.9 Å². The van der Waals surface area contributed by atoms with Crippen LogP contribution < -0.4 is 25.6 Å². The molecule has 1 unspecified atom stereocenters. The highest BCUT2D eigenvalue weighted by molar-refractivity contribution is 9.10. The fourth-order valence-corrected chi connectivity index (χ4v) is 6.03. The Kier molecular flexibility index (Phi) is 8.65. The first-order chi connectivity index (χ1) is 21.3. The van der Waals surface area contributed by atoms with Gasteiger partial charge in [0.25, 0.3) is 5.91 Å². The van der Waals surface area contributed by atoms with E-state index in [4.69, 9.17) is 10.5 Å². The summed E-state index contributed by atoms with van der Waals surface area (Å²) in [5, 5.41) is 4.60. The molecule has 12 heteroatoms. The van der Waals surface area contributed by atoms with Crippen LogP contribution in [0, 0.1) is 5.92 Å². The van der Waals surface area contributed by atoms with E-state index in [2.05, 4.69) is 21.2 Å². The first-order valence-electron chi connectivity index (χ1n) is 13.9. The summed E-state index contributed by atoms with van der Waals surface area (Å²) in [6, 6.07) is 20.0. The number of halogens is 4. The second kappa shape index (κ2) is 12.2. The first kappa shape index (κ1) is 32.0. The molecular formula is C33H30BrF3N4O4. The molecule has 5 rings (SSSR count). The molecule has 8 nitrogen and oxygen atoms in total. The highest BCUT2D eigenvalue weighted by atomic mass is 79.9. The number of methoxy groups -OCH3 is 1. The lowest BCUT2D eigenvalue weighted by Crippen LogP contribution is -2.63. The maximum absolute atomic E-state index is 14.6. The van der Waals surface area contributed by atoms with Crippen LogP contribution in [0.2, 0.25) is 0 Å². The fourth-order valence-electron chi connectivity index (χ4n) is 5.66. The van der Waals surface area contributed by atoms with Crippen molar-refractivity contribution >= 4 is 55.8 Å². The highest BCUT2D eigenvalue weighted by Crippen LogP contribution is 2.41. The third-order valence-corrected chi connectivity index (χ3v) is 8.90. The molecule has 4 aromatic rings. The Morgan fingerprint density at radius 1 is 1.02 bits per heavy atom. The maximum Gasteiger partial charge on any atom is 0.416 e. The van der Waals surface area contributed by atoms with Crippen LogP contribution in [0.15, 0.2) is 83.3 Å². The Hall–Kier alpha value is -4.42. The second-order valence-corrected chi connectivity index (χ2v) is 11.8. The first-order valence-corrected chi connectivity index (χ1v) is 14.7. The molecule has 0 saturated heterocycles. The number of carbonyl (C=O) groups is 3. The van der Waals surface area contributed by atoms with Crippen LogP contribution in [0.3, 0.4) is 0 Å². The van der Waals surface area contributed by atoms with Gasteiger partial charge in [-0.05, 0) is 79.3 Å². The highest BCUT2D eigenvalue weighted by Gasteiger charge is 2.49. The minimum atomic E-state index is -4.58. The summed E-state index contributed by atoms with van der Waals surface area (Å²) < 4.78 is 46.3. The summed E-state index contributed by atoms with van der Waals surface area (Å²) in [4.78, 5) is 44.4. The van der Waals surface area contributed by atoms with E-state index >= 15 is 0 Å². The van der Waals surface area contributed by atoms with E-state index in [0.717, 1.165) is 39.5 Å². The van der Waals surface area contributed by atoms with Gasteiger partial charge in [-0.15, -0.1) is 0 Å². The predicted octanol–water partition coefficient (Wildman–Crippen LogP) is 5.90. The number of anilines is 2. The number of hydrogen-bond donors (Lipinski definition) is 2. The van der Waals surface area contributed by atoms with Crippen molar-refractivity contribution in [2.75, 3.05) is 30.5 Å². The molecule has 234 valence electrons. The summed E-state index contributed by atoms with van der Waals surface area (Å²) in [7, 11) is 3.02. The van der Waals surface area contributed by atoms with Gasteiger partial charge in [0, 0.05) is 22.1 Å². The fraction of sp³-hybridized carbons (Fsp3) is 0.242. The van der Waals surface area contributed by atoms with Crippen molar-refractivity contribution in [2.45, 2.75) is 25.2 Å². The van der Waals surface area contributed by atoms with Gasteiger partial charge >= 0.3 is 6.18 Å². The van der Waals surface area contributed by atoms with Crippen LogP contribution >= 0.6 is 15.9 Å². The Morgan fingerprint density at radius 2 is 1.69 bits per heavy atom. The number of likely N-dealkylation sites (N-methyl/N-ethyl adjacent to an activating group) is 1. The van der Waals surface area contributed by atoms with Crippen LogP contribution in [0.4, 0.5) is 24.5 Å². The average Bonchev–Trinajstić information content (AvgIpc) is 3.14. The number of para-hydroxylation sites is 2. The Morgan fingerprint density at radius 3 is 2.29 bits per heavy atom. The molecule has 0 spiro atoms. The maximum atomic E-state index is 14.6. The smallest absolute Gasteiger partial charge is 0.416 e. The molecule has 0 saturated carbocycles. The van der Waals surface area contributed by atoms with Crippen molar-refractivity contribution in [3.8, 4) is 5.75 Å². The number of hydrogen-bond acceptors (Lipinski definition) is 5. The lowest BCUT2D eigenvalue weighted by atomic mass is 9.83. The molecule has 0 fully saturated rings. The van der Waals surface area contributed by atoms with E-state index in [-0.39, 0.29) is 18.7 Å². The van der Waals surface area contributed by atoms with E-state index in [1.807, 2.05) is 24.3 Å². The SMILES string of the molecule is CNC(C)(C(N)=O)[C@@H]1CN(C(=O)c2ccc(C(F)(F)F)cc2)c2ccccc2N(Cc2c(OC)ccc3cc(Br)ccc23)C1=O. The number of fused-ring (bicyclic) bond motifs is 2. The number of amides is 3. The normalized spacial score (nSPS) is 16.6. The molecule has 1 heterocycles. The Bertz CT molecular complexity index is 1800. The summed E-state index contributed by atoms with van der Waals surface area (Å²) in [6.45, 7) is 1.21. The number of alkyl halides is 3. The molecule has 2 atom stereocenters. The number of rotatable bonds is 7. The van der Waals surface area contributed by atoms with Crippen LogP contribution in [0.5, 0.6) is 5.75 Å². The average molecular weight is 684 g/mol. The van der Waals surface area contributed by atoms with Crippen molar-refractivity contribution in [3.05, 3.63) is 100 Å². The zero-order valence-corrected chi connectivity index (χ0v) is 26.2. The molecule has 0 aromatic heterocycles. The number of carbonyl (C=O) groups excluding carboxylic acids is 3. The topological polar surface area (TPSA) is 105 Å². The zero-order valence-electron chi connectivity index (χ0n) is 24.6. The third-order valence-electron chi connectivity index (χ3n) is 8.41. The number of nitrogens with zero attached hydrogens (tertiary/aromatic N) is 2. The number of ether oxygens (including phenoxy) is 1. The minimum absolute atomic E-state index is 0.00928. The molecule has 0 radical (unpaired) electrons. The van der Waals surface area contributed by atoms with Crippen molar-refractivity contribution in [1.82, 2.24) is 5.32 Å². The quantitative estimate of drug-likeness (QED) is 0.253. The van der Waals surface area contributed by atoms with Gasteiger partial charge in [0.05, 0.1) is 36.5 Å². The summed E-state index contributed by atoms with van der Waals surface area (Å²) in [5.74, 6) is -2.62. The van der Waals surface area contributed by atoms with E-state index < -0.39 is 40.9 Å². The lowest BCUT2D eigenvalue weighted by Gasteiger charge is -2.36. The summed E-state index contributed by atoms with van der Waals surface area (Å²) >= 11 is 3.50. The van der Waals surface area contributed by atoms with Gasteiger partial charge in [-0.2, -0.15) is 13.2 Å². The van der Waals surface area contributed by atoms with Crippen LogP contribution in [-0.4, -0.2) is 44.0 Å². The van der Waals surface area contributed by atoms with Crippen molar-refractivity contribution in [1.29, 1.82) is 0 Å². The van der Waals surface area contributed by atoms with Crippen LogP contribution in [-0.2, 0) is 22.3 Å². The van der Waals surface area contributed by atoms with Crippen molar-refractivity contribution in [2.24, 2.45) is 11.7 Å². The standard InChI is InChI=1S/C33H30BrF3N4O4/c1-32(39-2,31(38)44)25-18-41(29(42)19-8-11-21(12-9-19)33(35,36)37)27-7-5-4-6-26(27)40(30(25)43)17-24-23-14-13-22(34)16-20(23)10-15-28(24)45-3/h4-16,25,39H,17-18H2,1-3H3,(H2,38,44)/t25-,32?/m1/s1. The van der Waals surface area contributed by atoms with Crippen molar-refractivity contribution in [3.63, 3.8) is 0 Å². The monoisotopic (exact) mass is 682 g/mol. The molecule has 0 aliphatic carbocycles. The van der Waals surface area contributed by atoms with Gasteiger partial charge < -0.3 is 25.6 Å². The van der Waals surface area contributed by atoms with Gasteiger partial charge in [-0.3, -0.25) is 14.4 Å². The molecule has 4 aromatic carbocycles. The zero-order chi connectivity index (χ0) is 32.7.